The Morgan fingerprint density at radius 2 is 1.84 bits per heavy atom. The smallest absolute Gasteiger partial charge is 0.303 e. The first-order valence-corrected chi connectivity index (χ1v) is 5.75. The molecule has 0 bridgehead atoms. The highest BCUT2D eigenvalue weighted by atomic mass is 16.4. The van der Waals surface area contributed by atoms with Crippen LogP contribution in [0.4, 0.5) is 0 Å². The first-order chi connectivity index (χ1) is 9.01. The van der Waals surface area contributed by atoms with E-state index in [1.54, 1.807) is 12.1 Å². The van der Waals surface area contributed by atoms with Crippen LogP contribution in [0.1, 0.15) is 18.4 Å². The molecule has 19 heavy (non-hydrogen) atoms. The fraction of sp³-hybridized carbons (Fsp3) is 0.308. The SMILES string of the molecule is O=C[C@H](Cc1ccc(O)cc1)NC(=O)CCC(=O)O. The molecule has 102 valence electrons. The van der Waals surface area contributed by atoms with Crippen LogP contribution in [0.3, 0.4) is 0 Å². The van der Waals surface area contributed by atoms with Crippen molar-refractivity contribution < 1.29 is 24.6 Å². The maximum atomic E-state index is 11.4. The van der Waals surface area contributed by atoms with E-state index in [0.717, 1.165) is 5.56 Å². The van der Waals surface area contributed by atoms with E-state index in [1.165, 1.54) is 12.1 Å². The third-order valence-corrected chi connectivity index (χ3v) is 2.47. The Labute approximate surface area is 110 Å². The van der Waals surface area contributed by atoms with Crippen molar-refractivity contribution in [1.82, 2.24) is 5.32 Å². The summed E-state index contributed by atoms with van der Waals surface area (Å²) in [6, 6.07) is 5.57. The number of phenolic OH excluding ortho intramolecular Hbond substituents is 1. The van der Waals surface area contributed by atoms with Gasteiger partial charge < -0.3 is 20.3 Å². The van der Waals surface area contributed by atoms with Crippen molar-refractivity contribution in [2.45, 2.75) is 25.3 Å². The van der Waals surface area contributed by atoms with Crippen LogP contribution in [-0.4, -0.2) is 34.4 Å². The van der Waals surface area contributed by atoms with Crippen LogP contribution in [0.2, 0.25) is 0 Å². The summed E-state index contributed by atoms with van der Waals surface area (Å²) in [5.41, 5.74) is 0.786. The second kappa shape index (κ2) is 7.15. The van der Waals surface area contributed by atoms with Gasteiger partial charge in [0.2, 0.25) is 5.91 Å². The van der Waals surface area contributed by atoms with Crippen LogP contribution in [-0.2, 0) is 20.8 Å². The van der Waals surface area contributed by atoms with Crippen molar-refractivity contribution in [3.8, 4) is 5.75 Å². The van der Waals surface area contributed by atoms with Gasteiger partial charge in [-0.1, -0.05) is 12.1 Å². The van der Waals surface area contributed by atoms with Crippen LogP contribution in [0.15, 0.2) is 24.3 Å². The number of carbonyl (C=O) groups is 3. The number of aromatic hydroxyl groups is 1. The minimum absolute atomic E-state index is 0.122. The number of benzene rings is 1. The lowest BCUT2D eigenvalue weighted by atomic mass is 10.1. The van der Waals surface area contributed by atoms with Gasteiger partial charge in [-0.15, -0.1) is 0 Å². The summed E-state index contributed by atoms with van der Waals surface area (Å²) in [4.78, 5) is 32.6. The molecule has 0 fully saturated rings. The number of phenols is 1. The molecule has 0 aromatic heterocycles. The van der Waals surface area contributed by atoms with Crippen LogP contribution in [0, 0.1) is 0 Å². The van der Waals surface area contributed by atoms with Gasteiger partial charge in [-0.25, -0.2) is 0 Å². The molecule has 0 unspecified atom stereocenters. The van der Waals surface area contributed by atoms with E-state index in [2.05, 4.69) is 5.32 Å². The zero-order valence-electron chi connectivity index (χ0n) is 10.2. The zero-order chi connectivity index (χ0) is 14.3. The van der Waals surface area contributed by atoms with Crippen LogP contribution >= 0.6 is 0 Å². The molecule has 1 aromatic carbocycles. The number of carbonyl (C=O) groups excluding carboxylic acids is 2. The van der Waals surface area contributed by atoms with Crippen molar-refractivity contribution >= 4 is 18.2 Å². The Bertz CT molecular complexity index is 455. The number of amides is 1. The third kappa shape index (κ3) is 5.67. The lowest BCUT2D eigenvalue weighted by Gasteiger charge is -2.12. The Hall–Kier alpha value is -2.37. The summed E-state index contributed by atoms with van der Waals surface area (Å²) < 4.78 is 0. The molecule has 1 rings (SSSR count). The number of carboxylic acid groups (broad SMARTS) is 1. The molecule has 0 radical (unpaired) electrons. The van der Waals surface area contributed by atoms with Crippen molar-refractivity contribution in [1.29, 1.82) is 0 Å². The molecule has 6 heteroatoms. The maximum absolute atomic E-state index is 11.4. The highest BCUT2D eigenvalue weighted by Gasteiger charge is 2.13. The molecular weight excluding hydrogens is 250 g/mol. The Kier molecular flexibility index (Phi) is 5.53. The predicted octanol–water partition coefficient (Wildman–Crippen LogP) is 0.483. The van der Waals surface area contributed by atoms with Gasteiger partial charge in [0.1, 0.15) is 12.0 Å². The molecule has 0 saturated heterocycles. The molecule has 3 N–H and O–H groups in total. The number of aldehydes is 1. The van der Waals surface area contributed by atoms with Crippen molar-refractivity contribution in [2.24, 2.45) is 0 Å². The number of rotatable bonds is 7. The van der Waals surface area contributed by atoms with Gasteiger partial charge in [0, 0.05) is 6.42 Å². The molecule has 0 spiro atoms. The lowest BCUT2D eigenvalue weighted by molar-refractivity contribution is -0.138. The molecule has 0 aliphatic carbocycles. The molecule has 0 aliphatic rings. The molecular formula is C13H15NO5. The van der Waals surface area contributed by atoms with E-state index < -0.39 is 17.9 Å². The van der Waals surface area contributed by atoms with Crippen LogP contribution in [0.5, 0.6) is 5.75 Å². The summed E-state index contributed by atoms with van der Waals surface area (Å²) >= 11 is 0. The summed E-state index contributed by atoms with van der Waals surface area (Å²) in [6.07, 6.45) is 0.472. The standard InChI is InChI=1S/C13H15NO5/c15-8-10(14-12(17)5-6-13(18)19)7-9-1-3-11(16)4-2-9/h1-4,8,10,16H,5-7H2,(H,14,17)(H,18,19)/t10-/m0/s1. The Balaban J connectivity index is 2.49. The average Bonchev–Trinajstić information content (AvgIpc) is 2.38. The van der Waals surface area contributed by atoms with E-state index in [0.29, 0.717) is 12.7 Å². The minimum Gasteiger partial charge on any atom is -0.508 e. The summed E-state index contributed by atoms with van der Waals surface area (Å²) in [7, 11) is 0. The fourth-order valence-corrected chi connectivity index (χ4v) is 1.52. The van der Waals surface area contributed by atoms with E-state index in [-0.39, 0.29) is 18.6 Å². The van der Waals surface area contributed by atoms with Crippen molar-refractivity contribution in [2.75, 3.05) is 0 Å². The number of hydrogen-bond donors (Lipinski definition) is 3. The first-order valence-electron chi connectivity index (χ1n) is 5.75. The second-order valence-corrected chi connectivity index (χ2v) is 4.07. The minimum atomic E-state index is -1.06. The maximum Gasteiger partial charge on any atom is 0.303 e. The van der Waals surface area contributed by atoms with Gasteiger partial charge in [0.05, 0.1) is 12.5 Å². The number of aliphatic carboxylic acids is 1. The summed E-state index contributed by atoms with van der Waals surface area (Å²) in [6.45, 7) is 0. The topological polar surface area (TPSA) is 104 Å². The van der Waals surface area contributed by atoms with Gasteiger partial charge >= 0.3 is 5.97 Å². The molecule has 0 aliphatic heterocycles. The molecule has 6 nitrogen and oxygen atoms in total. The van der Waals surface area contributed by atoms with Crippen LogP contribution < -0.4 is 5.32 Å². The molecule has 1 atom stereocenters. The highest BCUT2D eigenvalue weighted by molar-refractivity contribution is 5.82. The van der Waals surface area contributed by atoms with E-state index in [9.17, 15) is 14.4 Å². The Morgan fingerprint density at radius 3 is 2.37 bits per heavy atom. The number of hydrogen-bond acceptors (Lipinski definition) is 4. The molecule has 0 heterocycles. The largest absolute Gasteiger partial charge is 0.508 e. The fourth-order valence-electron chi connectivity index (χ4n) is 1.52. The molecule has 0 saturated carbocycles. The Morgan fingerprint density at radius 1 is 1.21 bits per heavy atom. The monoisotopic (exact) mass is 265 g/mol. The van der Waals surface area contributed by atoms with Gasteiger partial charge in [-0.05, 0) is 24.1 Å². The lowest BCUT2D eigenvalue weighted by Crippen LogP contribution is -2.37. The molecule has 1 aromatic rings. The second-order valence-electron chi connectivity index (χ2n) is 4.07. The van der Waals surface area contributed by atoms with E-state index >= 15 is 0 Å². The third-order valence-electron chi connectivity index (χ3n) is 2.47. The number of carboxylic acids is 1. The van der Waals surface area contributed by atoms with Gasteiger partial charge in [0.15, 0.2) is 0 Å². The van der Waals surface area contributed by atoms with Gasteiger partial charge in [0.25, 0.3) is 0 Å². The van der Waals surface area contributed by atoms with Gasteiger partial charge in [-0.2, -0.15) is 0 Å². The van der Waals surface area contributed by atoms with Crippen molar-refractivity contribution in [3.05, 3.63) is 29.8 Å². The first kappa shape index (κ1) is 14.7. The van der Waals surface area contributed by atoms with E-state index in [1.807, 2.05) is 0 Å². The average molecular weight is 265 g/mol. The number of nitrogens with one attached hydrogen (secondary N) is 1. The predicted molar refractivity (Wildman–Crippen MR) is 66.7 cm³/mol. The zero-order valence-corrected chi connectivity index (χ0v) is 10.2. The normalized spacial score (nSPS) is 11.6. The summed E-state index contributed by atoms with van der Waals surface area (Å²) in [5.74, 6) is -1.41. The van der Waals surface area contributed by atoms with Crippen molar-refractivity contribution in [3.63, 3.8) is 0 Å². The van der Waals surface area contributed by atoms with Gasteiger partial charge in [-0.3, -0.25) is 9.59 Å². The summed E-state index contributed by atoms with van der Waals surface area (Å²) in [5, 5.41) is 20.0. The van der Waals surface area contributed by atoms with E-state index in [4.69, 9.17) is 10.2 Å². The quantitative estimate of drug-likeness (QED) is 0.622. The molecule has 1 amide bonds. The highest BCUT2D eigenvalue weighted by Crippen LogP contribution is 2.11. The van der Waals surface area contributed by atoms with Crippen LogP contribution in [0.25, 0.3) is 0 Å².